The van der Waals surface area contributed by atoms with Crippen LogP contribution in [0.3, 0.4) is 0 Å². The van der Waals surface area contributed by atoms with E-state index in [0.717, 1.165) is 11.1 Å². The van der Waals surface area contributed by atoms with Gasteiger partial charge < -0.3 is 4.42 Å². The van der Waals surface area contributed by atoms with Gasteiger partial charge in [0.25, 0.3) is 5.91 Å². The molecular formula is C23H14ClFN4O2S. The highest BCUT2D eigenvalue weighted by molar-refractivity contribution is 8.27. The lowest BCUT2D eigenvalue weighted by Gasteiger charge is -2.19. The van der Waals surface area contributed by atoms with E-state index in [2.05, 4.69) is 10.1 Å². The maximum absolute atomic E-state index is 13.4. The summed E-state index contributed by atoms with van der Waals surface area (Å²) in [4.78, 5) is 16.7. The van der Waals surface area contributed by atoms with Gasteiger partial charge in [-0.25, -0.2) is 4.39 Å². The summed E-state index contributed by atoms with van der Waals surface area (Å²) in [5, 5.41) is 15.3. The first-order chi connectivity index (χ1) is 15.4. The summed E-state index contributed by atoms with van der Waals surface area (Å²) < 4.78 is 19.2. The van der Waals surface area contributed by atoms with Crippen LogP contribution in [0.5, 0.6) is 0 Å². The van der Waals surface area contributed by atoms with Crippen LogP contribution in [-0.4, -0.2) is 27.0 Å². The Morgan fingerprint density at radius 2 is 1.88 bits per heavy atom. The lowest BCUT2D eigenvalue weighted by Crippen LogP contribution is -2.35. The molecule has 0 aliphatic carbocycles. The summed E-state index contributed by atoms with van der Waals surface area (Å²) in [6.45, 7) is 2.00. The fourth-order valence-corrected chi connectivity index (χ4v) is 4.26. The van der Waals surface area contributed by atoms with Crippen LogP contribution in [0, 0.1) is 18.2 Å². The monoisotopic (exact) mass is 464 g/mol. The predicted molar refractivity (Wildman–Crippen MR) is 124 cm³/mol. The zero-order valence-corrected chi connectivity index (χ0v) is 18.2. The Morgan fingerprint density at radius 3 is 2.62 bits per heavy atom. The molecule has 0 unspecified atom stereocenters. The molecule has 0 radical (unpaired) electrons. The lowest BCUT2D eigenvalue weighted by atomic mass is 10.1. The minimum atomic E-state index is -0.545. The number of hydrogen-bond donors (Lipinski definition) is 1. The van der Waals surface area contributed by atoms with Crippen LogP contribution in [0.2, 0.25) is 5.02 Å². The normalized spacial score (nSPS) is 17.0. The van der Waals surface area contributed by atoms with Gasteiger partial charge >= 0.3 is 0 Å². The van der Waals surface area contributed by atoms with Crippen LogP contribution < -0.4 is 0 Å². The number of amidine groups is 2. The van der Waals surface area contributed by atoms with Crippen molar-refractivity contribution in [3.63, 3.8) is 0 Å². The third kappa shape index (κ3) is 3.68. The van der Waals surface area contributed by atoms with Crippen LogP contribution in [0.4, 0.5) is 4.39 Å². The Labute approximate surface area is 191 Å². The third-order valence-electron chi connectivity index (χ3n) is 4.87. The molecule has 1 aromatic heterocycles. The highest BCUT2D eigenvalue weighted by Gasteiger charge is 2.36. The lowest BCUT2D eigenvalue weighted by molar-refractivity contribution is -0.114. The van der Waals surface area contributed by atoms with Crippen molar-refractivity contribution in [1.82, 2.24) is 5.01 Å². The van der Waals surface area contributed by atoms with Crippen molar-refractivity contribution in [2.24, 2.45) is 10.1 Å². The van der Waals surface area contributed by atoms with Gasteiger partial charge in [-0.2, -0.15) is 15.1 Å². The molecule has 1 amide bonds. The molecule has 2 aliphatic rings. The SMILES string of the molecule is Cc1ccc(C2=NN3C(=N)/C(=C/c4ccc(-c5ccc(F)c(Cl)c5)o4)C(=O)N=C3S2)cc1. The number of carbonyl (C=O) groups is 1. The van der Waals surface area contributed by atoms with Crippen molar-refractivity contribution in [3.05, 3.63) is 87.9 Å². The molecule has 5 rings (SSSR count). The quantitative estimate of drug-likeness (QED) is 0.503. The molecule has 9 heteroatoms. The molecule has 6 nitrogen and oxygen atoms in total. The summed E-state index contributed by atoms with van der Waals surface area (Å²) >= 11 is 7.09. The van der Waals surface area contributed by atoms with E-state index in [1.54, 1.807) is 18.2 Å². The van der Waals surface area contributed by atoms with Crippen molar-refractivity contribution in [3.8, 4) is 11.3 Å². The molecule has 2 aliphatic heterocycles. The molecule has 3 heterocycles. The van der Waals surface area contributed by atoms with E-state index in [1.807, 2.05) is 31.2 Å². The molecular weight excluding hydrogens is 451 g/mol. The molecule has 0 bridgehead atoms. The Kier molecular flexibility index (Phi) is 5.03. The number of nitrogens with one attached hydrogen (secondary N) is 1. The van der Waals surface area contributed by atoms with Crippen molar-refractivity contribution < 1.29 is 13.6 Å². The topological polar surface area (TPSA) is 82.0 Å². The second kappa shape index (κ2) is 7.89. The summed E-state index contributed by atoms with van der Waals surface area (Å²) in [7, 11) is 0. The number of hydrogen-bond acceptors (Lipinski definition) is 5. The number of hydrazone groups is 1. The van der Waals surface area contributed by atoms with Crippen molar-refractivity contribution >= 4 is 51.4 Å². The third-order valence-corrected chi connectivity index (χ3v) is 6.12. The summed E-state index contributed by atoms with van der Waals surface area (Å²) in [6.07, 6.45) is 1.45. The van der Waals surface area contributed by atoms with Gasteiger partial charge in [0.1, 0.15) is 22.4 Å². The Morgan fingerprint density at radius 1 is 1.12 bits per heavy atom. The number of fused-ring (bicyclic) bond motifs is 1. The molecule has 0 atom stereocenters. The van der Waals surface area contributed by atoms with E-state index >= 15 is 0 Å². The van der Waals surface area contributed by atoms with Gasteiger partial charge in [0.2, 0.25) is 5.17 Å². The number of aliphatic imine (C=N–C) groups is 1. The smallest absolute Gasteiger partial charge is 0.283 e. The van der Waals surface area contributed by atoms with Gasteiger partial charge in [-0.05, 0) is 55.1 Å². The average molecular weight is 465 g/mol. The number of benzene rings is 2. The number of thioether (sulfide) groups is 1. The highest BCUT2D eigenvalue weighted by atomic mass is 35.5. The second-order valence-corrected chi connectivity index (χ2v) is 8.49. The Hall–Kier alpha value is -3.49. The zero-order valence-electron chi connectivity index (χ0n) is 16.6. The first-order valence-electron chi connectivity index (χ1n) is 9.51. The molecule has 3 aromatic rings. The maximum atomic E-state index is 13.4. The fourth-order valence-electron chi connectivity index (χ4n) is 3.18. The van der Waals surface area contributed by atoms with Crippen molar-refractivity contribution in [2.45, 2.75) is 6.92 Å². The summed E-state index contributed by atoms with van der Waals surface area (Å²) in [5.74, 6) is -0.349. The first kappa shape index (κ1) is 20.4. The molecule has 0 saturated carbocycles. The predicted octanol–water partition coefficient (Wildman–Crippen LogP) is 5.71. The van der Waals surface area contributed by atoms with Crippen LogP contribution in [0.1, 0.15) is 16.9 Å². The van der Waals surface area contributed by atoms with Crippen LogP contribution in [0.15, 0.2) is 74.7 Å². The molecule has 32 heavy (non-hydrogen) atoms. The first-order valence-corrected chi connectivity index (χ1v) is 10.7. The Balaban J connectivity index is 1.44. The van der Waals surface area contributed by atoms with Gasteiger partial charge in [0.05, 0.1) is 10.6 Å². The molecule has 2 aromatic carbocycles. The second-order valence-electron chi connectivity index (χ2n) is 7.12. The van der Waals surface area contributed by atoms with Gasteiger partial charge in [-0.15, -0.1) is 0 Å². The number of aryl methyl sites for hydroxylation is 1. The number of halogens is 2. The molecule has 0 spiro atoms. The Bertz CT molecular complexity index is 1370. The molecule has 158 valence electrons. The standard InChI is InChI=1S/C23H14ClFN4O2S/c1-12-2-4-13(5-3-12)22-28-29-20(26)16(21(30)27-23(29)32-22)11-15-7-9-19(31-15)14-6-8-18(25)17(24)10-14/h2-11,26H,1H3/b16-11-,26-20?. The van der Waals surface area contributed by atoms with Crippen LogP contribution in [0.25, 0.3) is 17.4 Å². The van der Waals surface area contributed by atoms with Crippen molar-refractivity contribution in [2.75, 3.05) is 0 Å². The van der Waals surface area contributed by atoms with E-state index < -0.39 is 11.7 Å². The number of furan rings is 1. The van der Waals surface area contributed by atoms with Gasteiger partial charge in [-0.1, -0.05) is 41.4 Å². The fraction of sp³-hybridized carbons (Fsp3) is 0.0435. The maximum Gasteiger partial charge on any atom is 0.283 e. The van der Waals surface area contributed by atoms with Gasteiger partial charge in [-0.3, -0.25) is 10.2 Å². The number of amides is 1. The van der Waals surface area contributed by atoms with E-state index in [1.165, 1.54) is 35.0 Å². The molecule has 0 saturated heterocycles. The number of nitrogens with zero attached hydrogens (tertiary/aromatic N) is 3. The summed E-state index contributed by atoms with van der Waals surface area (Å²) in [5.41, 5.74) is 2.66. The van der Waals surface area contributed by atoms with Gasteiger partial charge in [0, 0.05) is 11.1 Å². The van der Waals surface area contributed by atoms with E-state index in [9.17, 15) is 9.18 Å². The average Bonchev–Trinajstić information content (AvgIpc) is 3.41. The largest absolute Gasteiger partial charge is 0.457 e. The van der Waals surface area contributed by atoms with Crippen LogP contribution >= 0.6 is 23.4 Å². The minimum Gasteiger partial charge on any atom is -0.457 e. The van der Waals surface area contributed by atoms with E-state index in [4.69, 9.17) is 21.4 Å². The van der Waals surface area contributed by atoms with Gasteiger partial charge in [0.15, 0.2) is 5.84 Å². The van der Waals surface area contributed by atoms with E-state index in [0.29, 0.717) is 27.3 Å². The summed E-state index contributed by atoms with van der Waals surface area (Å²) in [6, 6.07) is 15.4. The number of rotatable bonds is 3. The van der Waals surface area contributed by atoms with Crippen molar-refractivity contribution in [1.29, 1.82) is 5.41 Å². The molecule has 1 N–H and O–H groups in total. The zero-order chi connectivity index (χ0) is 22.4. The number of carbonyl (C=O) groups excluding carboxylic acids is 1. The molecule has 0 fully saturated rings. The van der Waals surface area contributed by atoms with E-state index in [-0.39, 0.29) is 16.4 Å². The highest BCUT2D eigenvalue weighted by Crippen LogP contribution is 2.32. The van der Waals surface area contributed by atoms with Crippen LogP contribution in [-0.2, 0) is 4.79 Å². The minimum absolute atomic E-state index is 0.0151.